The van der Waals surface area contributed by atoms with Crippen LogP contribution in [0.4, 0.5) is 13.2 Å². The predicted molar refractivity (Wildman–Crippen MR) is 102 cm³/mol. The lowest BCUT2D eigenvalue weighted by Gasteiger charge is -2.22. The van der Waals surface area contributed by atoms with Crippen LogP contribution in [0.25, 0.3) is 0 Å². The molecule has 4 rings (SSSR count). The Morgan fingerprint density at radius 2 is 1.90 bits per heavy atom. The van der Waals surface area contributed by atoms with E-state index in [4.69, 9.17) is 4.74 Å². The topological polar surface area (TPSA) is 50.4 Å². The zero-order valence-electron chi connectivity index (χ0n) is 15.8. The molecule has 0 aromatic heterocycles. The van der Waals surface area contributed by atoms with Gasteiger partial charge in [-0.15, -0.1) is 0 Å². The van der Waals surface area contributed by atoms with Crippen molar-refractivity contribution in [2.45, 2.75) is 50.7 Å². The van der Waals surface area contributed by atoms with Gasteiger partial charge in [-0.05, 0) is 60.6 Å². The highest BCUT2D eigenvalue weighted by atomic mass is 19.4. The molecule has 1 saturated heterocycles. The molecule has 4 nitrogen and oxygen atoms in total. The fraction of sp³-hybridized carbons (Fsp3) is 0.409. The van der Waals surface area contributed by atoms with E-state index in [1.54, 1.807) is 6.07 Å². The molecule has 29 heavy (non-hydrogen) atoms. The summed E-state index contributed by atoms with van der Waals surface area (Å²) in [5.74, 6) is 1.08. The van der Waals surface area contributed by atoms with Gasteiger partial charge in [0.1, 0.15) is 12.4 Å². The average Bonchev–Trinajstić information content (AvgIpc) is 3.34. The number of alkyl halides is 3. The second-order valence-corrected chi connectivity index (χ2v) is 7.76. The van der Waals surface area contributed by atoms with Crippen LogP contribution < -0.4 is 15.4 Å². The van der Waals surface area contributed by atoms with E-state index in [9.17, 15) is 18.0 Å². The maximum atomic E-state index is 12.6. The number of hydrogen-bond donors (Lipinski definition) is 2. The number of benzene rings is 2. The quantitative estimate of drug-likeness (QED) is 0.764. The second-order valence-electron chi connectivity index (χ2n) is 7.76. The Labute approximate surface area is 167 Å². The first kappa shape index (κ1) is 19.8. The van der Waals surface area contributed by atoms with E-state index in [2.05, 4.69) is 10.6 Å². The van der Waals surface area contributed by atoms with Gasteiger partial charge in [0.25, 0.3) is 0 Å². The second kappa shape index (κ2) is 8.06. The summed E-state index contributed by atoms with van der Waals surface area (Å²) in [6.07, 6.45) is -0.979. The van der Waals surface area contributed by atoms with E-state index in [1.807, 2.05) is 18.2 Å². The van der Waals surface area contributed by atoms with Crippen LogP contribution in [0.15, 0.2) is 48.5 Å². The molecule has 1 heterocycles. The summed E-state index contributed by atoms with van der Waals surface area (Å²) < 4.78 is 43.6. The van der Waals surface area contributed by atoms with Crippen LogP contribution in [0.3, 0.4) is 0 Å². The summed E-state index contributed by atoms with van der Waals surface area (Å²) >= 11 is 0. The van der Waals surface area contributed by atoms with Crippen LogP contribution in [0.1, 0.15) is 36.0 Å². The van der Waals surface area contributed by atoms with Gasteiger partial charge in [0.05, 0.1) is 11.6 Å². The number of carbonyl (C=O) groups is 1. The van der Waals surface area contributed by atoms with Gasteiger partial charge in [0.15, 0.2) is 0 Å². The van der Waals surface area contributed by atoms with Crippen molar-refractivity contribution in [3.63, 3.8) is 0 Å². The molecule has 2 bridgehead atoms. The van der Waals surface area contributed by atoms with Crippen molar-refractivity contribution >= 4 is 5.91 Å². The number of hydrogen-bond acceptors (Lipinski definition) is 3. The van der Waals surface area contributed by atoms with Crippen molar-refractivity contribution in [3.05, 3.63) is 65.2 Å². The van der Waals surface area contributed by atoms with Crippen molar-refractivity contribution in [2.24, 2.45) is 5.92 Å². The highest BCUT2D eigenvalue weighted by molar-refractivity contribution is 5.82. The van der Waals surface area contributed by atoms with Crippen LogP contribution in [0.2, 0.25) is 0 Å². The smallest absolute Gasteiger partial charge is 0.416 e. The Morgan fingerprint density at radius 1 is 1.10 bits per heavy atom. The summed E-state index contributed by atoms with van der Waals surface area (Å²) in [6, 6.07) is 12.7. The zero-order valence-corrected chi connectivity index (χ0v) is 15.8. The van der Waals surface area contributed by atoms with Crippen molar-refractivity contribution in [3.8, 4) is 5.75 Å². The highest BCUT2D eigenvalue weighted by Gasteiger charge is 2.42. The third kappa shape index (κ3) is 4.72. The van der Waals surface area contributed by atoms with E-state index < -0.39 is 11.7 Å². The van der Waals surface area contributed by atoms with Crippen molar-refractivity contribution < 1.29 is 22.7 Å². The van der Waals surface area contributed by atoms with Gasteiger partial charge >= 0.3 is 6.18 Å². The number of carbonyl (C=O) groups excluding carboxylic acids is 1. The van der Waals surface area contributed by atoms with Crippen molar-refractivity contribution in [2.75, 3.05) is 0 Å². The number of amides is 1. The van der Waals surface area contributed by atoms with Gasteiger partial charge in [-0.25, -0.2) is 0 Å². The number of fused-ring (bicyclic) bond motifs is 2. The number of nitrogens with one attached hydrogen (secondary N) is 2. The van der Waals surface area contributed by atoms with Gasteiger partial charge < -0.3 is 15.4 Å². The molecule has 2 aromatic carbocycles. The minimum Gasteiger partial charge on any atom is -0.489 e. The summed E-state index contributed by atoms with van der Waals surface area (Å²) in [5, 5.41) is 6.37. The summed E-state index contributed by atoms with van der Waals surface area (Å²) in [5.41, 5.74) is 0.884. The first-order valence-electron chi connectivity index (χ1n) is 9.80. The van der Waals surface area contributed by atoms with Gasteiger partial charge in [-0.3, -0.25) is 4.79 Å². The molecule has 1 saturated carbocycles. The SMILES string of the molecule is O=C(NCc1cccc(OCc2ccc(C(F)(F)F)cc2)c1)[C@H]1N[C@@H]2CC[C@H]1C2. The van der Waals surface area contributed by atoms with Crippen LogP contribution >= 0.6 is 0 Å². The Balaban J connectivity index is 1.29. The molecule has 2 N–H and O–H groups in total. The first-order valence-corrected chi connectivity index (χ1v) is 9.80. The highest BCUT2D eigenvalue weighted by Crippen LogP contribution is 2.35. The maximum absolute atomic E-state index is 12.6. The van der Waals surface area contributed by atoms with Crippen molar-refractivity contribution in [1.82, 2.24) is 10.6 Å². The third-order valence-electron chi connectivity index (χ3n) is 5.69. The van der Waals surface area contributed by atoms with Gasteiger partial charge in [-0.1, -0.05) is 24.3 Å². The minimum atomic E-state index is -4.34. The Bertz CT molecular complexity index is 867. The number of piperidine rings is 1. The zero-order chi connectivity index (χ0) is 20.4. The fourth-order valence-corrected chi connectivity index (χ4v) is 4.15. The largest absolute Gasteiger partial charge is 0.489 e. The molecular weight excluding hydrogens is 381 g/mol. The lowest BCUT2D eigenvalue weighted by atomic mass is 9.99. The molecule has 0 unspecified atom stereocenters. The molecule has 7 heteroatoms. The molecule has 154 valence electrons. The molecule has 3 atom stereocenters. The molecule has 2 aromatic rings. The molecule has 0 radical (unpaired) electrons. The summed E-state index contributed by atoms with van der Waals surface area (Å²) in [7, 11) is 0. The standard InChI is InChI=1S/C22H23F3N2O2/c23-22(24,25)17-7-4-14(5-8-17)13-29-19-3-1-2-15(10-19)12-26-21(28)20-16-6-9-18(11-16)27-20/h1-5,7-8,10,16,18,20,27H,6,9,11-13H2,(H,26,28)/t16-,18+,20-/m0/s1. The van der Waals surface area contributed by atoms with Gasteiger partial charge in [0, 0.05) is 12.6 Å². The molecule has 1 amide bonds. The predicted octanol–water partition coefficient (Wildman–Crippen LogP) is 4.04. The molecule has 2 aliphatic rings. The van der Waals surface area contributed by atoms with Gasteiger partial charge in [-0.2, -0.15) is 13.2 Å². The van der Waals surface area contributed by atoms with E-state index in [0.29, 0.717) is 29.8 Å². The van der Waals surface area contributed by atoms with E-state index >= 15 is 0 Å². The van der Waals surface area contributed by atoms with Crippen LogP contribution in [0, 0.1) is 5.92 Å². The summed E-state index contributed by atoms with van der Waals surface area (Å²) in [6.45, 7) is 0.578. The van der Waals surface area contributed by atoms with Crippen LogP contribution in [0.5, 0.6) is 5.75 Å². The molecule has 2 fully saturated rings. The normalized spacial score (nSPS) is 23.2. The lowest BCUT2D eigenvalue weighted by Crippen LogP contribution is -2.47. The number of rotatable bonds is 6. The Morgan fingerprint density at radius 3 is 2.55 bits per heavy atom. The number of halogens is 3. The first-order chi connectivity index (χ1) is 13.9. The summed E-state index contributed by atoms with van der Waals surface area (Å²) in [4.78, 5) is 12.4. The lowest BCUT2D eigenvalue weighted by molar-refractivity contribution is -0.137. The van der Waals surface area contributed by atoms with E-state index in [-0.39, 0.29) is 18.6 Å². The number of ether oxygens (including phenoxy) is 1. The minimum absolute atomic E-state index is 0.0354. The van der Waals surface area contributed by atoms with Gasteiger partial charge in [0.2, 0.25) is 5.91 Å². The molecule has 0 spiro atoms. The van der Waals surface area contributed by atoms with E-state index in [0.717, 1.165) is 37.0 Å². The third-order valence-corrected chi connectivity index (χ3v) is 5.69. The van der Waals surface area contributed by atoms with E-state index in [1.165, 1.54) is 12.1 Å². The van der Waals surface area contributed by atoms with Crippen molar-refractivity contribution in [1.29, 1.82) is 0 Å². The monoisotopic (exact) mass is 404 g/mol. The Kier molecular flexibility index (Phi) is 5.50. The maximum Gasteiger partial charge on any atom is 0.416 e. The van der Waals surface area contributed by atoms with Crippen LogP contribution in [-0.2, 0) is 24.1 Å². The van der Waals surface area contributed by atoms with Crippen LogP contribution in [-0.4, -0.2) is 18.0 Å². The molecular formula is C22H23F3N2O2. The molecule has 1 aliphatic carbocycles. The molecule has 1 aliphatic heterocycles. The average molecular weight is 404 g/mol. The Hall–Kier alpha value is -2.54. The fourth-order valence-electron chi connectivity index (χ4n) is 4.15.